The molecule has 3 unspecified atom stereocenters. The molecule has 2 rings (SSSR count). The fraction of sp³-hybridized carbons (Fsp3) is 0.611. The zero-order valence-corrected chi connectivity index (χ0v) is 14.1. The van der Waals surface area contributed by atoms with E-state index in [0.29, 0.717) is 6.54 Å². The van der Waals surface area contributed by atoms with Crippen LogP contribution in [0.3, 0.4) is 0 Å². The molecular weight excluding hydrogens is 276 g/mol. The number of hydrogen-bond acceptors (Lipinski definition) is 3. The van der Waals surface area contributed by atoms with E-state index in [1.165, 1.54) is 0 Å². The van der Waals surface area contributed by atoms with Crippen molar-refractivity contribution in [3.8, 4) is 0 Å². The van der Waals surface area contributed by atoms with Gasteiger partial charge >= 0.3 is 0 Å². The van der Waals surface area contributed by atoms with Crippen molar-refractivity contribution in [1.82, 2.24) is 10.2 Å². The van der Waals surface area contributed by atoms with Gasteiger partial charge < -0.3 is 10.1 Å². The summed E-state index contributed by atoms with van der Waals surface area (Å²) in [5, 5.41) is 3.09. The third-order valence-electron chi connectivity index (χ3n) is 4.05. The van der Waals surface area contributed by atoms with Crippen LogP contribution in [0, 0.1) is 5.92 Å². The monoisotopic (exact) mass is 304 g/mol. The smallest absolute Gasteiger partial charge is 0.237 e. The second-order valence-corrected chi connectivity index (χ2v) is 6.60. The van der Waals surface area contributed by atoms with Crippen LogP contribution in [-0.2, 0) is 16.1 Å². The van der Waals surface area contributed by atoms with Crippen molar-refractivity contribution in [3.05, 3.63) is 35.9 Å². The first kappa shape index (κ1) is 17.0. The van der Waals surface area contributed by atoms with Gasteiger partial charge in [0.2, 0.25) is 5.91 Å². The molecule has 0 saturated carbocycles. The Bertz CT molecular complexity index is 465. The highest BCUT2D eigenvalue weighted by Crippen LogP contribution is 2.18. The lowest BCUT2D eigenvalue weighted by molar-refractivity contribution is -0.135. The quantitative estimate of drug-likeness (QED) is 0.908. The molecule has 4 heteroatoms. The minimum absolute atomic E-state index is 0.0995. The van der Waals surface area contributed by atoms with Crippen molar-refractivity contribution in [1.29, 1.82) is 0 Å². The molecule has 0 radical (unpaired) electrons. The predicted molar refractivity (Wildman–Crippen MR) is 88.5 cm³/mol. The highest BCUT2D eigenvalue weighted by atomic mass is 16.5. The molecule has 0 bridgehead atoms. The molecule has 1 aliphatic rings. The van der Waals surface area contributed by atoms with E-state index in [9.17, 15) is 4.79 Å². The van der Waals surface area contributed by atoms with Gasteiger partial charge in [-0.1, -0.05) is 44.2 Å². The Kier molecular flexibility index (Phi) is 5.98. The molecule has 22 heavy (non-hydrogen) atoms. The fourth-order valence-electron chi connectivity index (χ4n) is 3.22. The number of hydrogen-bond donors (Lipinski definition) is 1. The lowest BCUT2D eigenvalue weighted by Crippen LogP contribution is -2.56. The van der Waals surface area contributed by atoms with Crippen LogP contribution in [0.1, 0.15) is 33.3 Å². The highest BCUT2D eigenvalue weighted by molar-refractivity contribution is 5.82. The van der Waals surface area contributed by atoms with Gasteiger partial charge in [0.15, 0.2) is 0 Å². The van der Waals surface area contributed by atoms with Crippen LogP contribution in [0.2, 0.25) is 0 Å². The summed E-state index contributed by atoms with van der Waals surface area (Å²) < 4.78 is 5.78. The molecule has 122 valence electrons. The number of ether oxygens (including phenoxy) is 1. The molecule has 1 aliphatic heterocycles. The second-order valence-electron chi connectivity index (χ2n) is 6.60. The third-order valence-corrected chi connectivity index (χ3v) is 4.05. The van der Waals surface area contributed by atoms with Crippen molar-refractivity contribution >= 4 is 5.91 Å². The van der Waals surface area contributed by atoms with Gasteiger partial charge in [0, 0.05) is 19.6 Å². The van der Waals surface area contributed by atoms with Crippen molar-refractivity contribution in [3.63, 3.8) is 0 Å². The zero-order valence-electron chi connectivity index (χ0n) is 14.1. The van der Waals surface area contributed by atoms with Gasteiger partial charge in [0.1, 0.15) is 0 Å². The number of carbonyl (C=O) groups excluding carboxylic acids is 1. The molecule has 1 heterocycles. The summed E-state index contributed by atoms with van der Waals surface area (Å²) in [5.41, 5.74) is 1.13. The molecule has 1 aromatic rings. The minimum atomic E-state index is -0.0995. The van der Waals surface area contributed by atoms with Gasteiger partial charge in [-0.05, 0) is 25.3 Å². The first-order valence-electron chi connectivity index (χ1n) is 8.18. The summed E-state index contributed by atoms with van der Waals surface area (Å²) in [6.07, 6.45) is 0.346. The van der Waals surface area contributed by atoms with Gasteiger partial charge in [-0.25, -0.2) is 0 Å². The van der Waals surface area contributed by atoms with E-state index < -0.39 is 0 Å². The Morgan fingerprint density at radius 3 is 2.36 bits per heavy atom. The van der Waals surface area contributed by atoms with E-state index in [1.54, 1.807) is 0 Å². The number of rotatable bonds is 5. The topological polar surface area (TPSA) is 41.6 Å². The lowest BCUT2D eigenvalue weighted by Gasteiger charge is -2.41. The molecule has 1 N–H and O–H groups in total. The largest absolute Gasteiger partial charge is 0.373 e. The number of morpholine rings is 1. The van der Waals surface area contributed by atoms with Crippen LogP contribution in [-0.4, -0.2) is 42.1 Å². The molecule has 0 aliphatic carbocycles. The third kappa shape index (κ3) is 4.55. The SMILES string of the molecule is CC1CN(C(C(=O)NCc2ccccc2)C(C)C)CC(C)O1. The maximum absolute atomic E-state index is 12.7. The van der Waals surface area contributed by atoms with Crippen LogP contribution in [0.25, 0.3) is 0 Å². The molecule has 0 aromatic heterocycles. The van der Waals surface area contributed by atoms with Crippen LogP contribution < -0.4 is 5.32 Å². The van der Waals surface area contributed by atoms with Crippen LogP contribution in [0.5, 0.6) is 0 Å². The summed E-state index contributed by atoms with van der Waals surface area (Å²) in [4.78, 5) is 14.9. The number of amides is 1. The lowest BCUT2D eigenvalue weighted by atomic mass is 9.99. The number of nitrogens with one attached hydrogen (secondary N) is 1. The van der Waals surface area contributed by atoms with Crippen LogP contribution in [0.4, 0.5) is 0 Å². The zero-order chi connectivity index (χ0) is 16.1. The first-order valence-corrected chi connectivity index (χ1v) is 8.18. The average Bonchev–Trinajstić information content (AvgIpc) is 2.45. The van der Waals surface area contributed by atoms with E-state index in [2.05, 4.69) is 37.9 Å². The summed E-state index contributed by atoms with van der Waals surface area (Å²) in [7, 11) is 0. The summed E-state index contributed by atoms with van der Waals surface area (Å²) >= 11 is 0. The van der Waals surface area contributed by atoms with Crippen molar-refractivity contribution in [2.45, 2.75) is 52.5 Å². The fourth-order valence-corrected chi connectivity index (χ4v) is 3.22. The van der Waals surface area contributed by atoms with E-state index >= 15 is 0 Å². The molecule has 1 aromatic carbocycles. The normalized spacial score (nSPS) is 24.2. The van der Waals surface area contributed by atoms with Crippen LogP contribution >= 0.6 is 0 Å². The molecular formula is C18H28N2O2. The standard InChI is InChI=1S/C18H28N2O2/c1-13(2)17(20-11-14(3)22-15(4)12-20)18(21)19-10-16-8-6-5-7-9-16/h5-9,13-15,17H,10-12H2,1-4H3,(H,19,21). The van der Waals surface area contributed by atoms with E-state index in [1.807, 2.05) is 30.3 Å². The summed E-state index contributed by atoms with van der Waals surface area (Å²) in [6.45, 7) is 10.6. The van der Waals surface area contributed by atoms with Gasteiger partial charge in [-0.2, -0.15) is 0 Å². The Balaban J connectivity index is 1.99. The molecule has 4 nitrogen and oxygen atoms in total. The molecule has 1 fully saturated rings. The number of nitrogens with zero attached hydrogens (tertiary/aromatic N) is 1. The molecule has 1 saturated heterocycles. The Morgan fingerprint density at radius 2 is 1.82 bits per heavy atom. The Hall–Kier alpha value is -1.39. The Morgan fingerprint density at radius 1 is 1.23 bits per heavy atom. The van der Waals surface area contributed by atoms with E-state index in [-0.39, 0.29) is 30.1 Å². The van der Waals surface area contributed by atoms with Gasteiger partial charge in [0.25, 0.3) is 0 Å². The predicted octanol–water partition coefficient (Wildman–Crippen LogP) is 2.44. The molecule has 0 spiro atoms. The second kappa shape index (κ2) is 7.75. The summed E-state index contributed by atoms with van der Waals surface area (Å²) in [6, 6.07) is 9.93. The van der Waals surface area contributed by atoms with E-state index in [0.717, 1.165) is 18.7 Å². The molecule has 3 atom stereocenters. The van der Waals surface area contributed by atoms with Crippen molar-refractivity contribution in [2.24, 2.45) is 5.92 Å². The maximum atomic E-state index is 12.7. The maximum Gasteiger partial charge on any atom is 0.237 e. The molecule has 1 amide bonds. The van der Waals surface area contributed by atoms with Gasteiger partial charge in [0.05, 0.1) is 18.2 Å². The number of carbonyl (C=O) groups is 1. The highest BCUT2D eigenvalue weighted by Gasteiger charge is 2.33. The average molecular weight is 304 g/mol. The Labute approximate surface area is 133 Å². The minimum Gasteiger partial charge on any atom is -0.373 e. The van der Waals surface area contributed by atoms with Crippen molar-refractivity contribution in [2.75, 3.05) is 13.1 Å². The van der Waals surface area contributed by atoms with Gasteiger partial charge in [-0.15, -0.1) is 0 Å². The summed E-state index contributed by atoms with van der Waals surface area (Å²) in [5.74, 6) is 0.383. The van der Waals surface area contributed by atoms with Crippen LogP contribution in [0.15, 0.2) is 30.3 Å². The first-order chi connectivity index (χ1) is 10.5. The van der Waals surface area contributed by atoms with Gasteiger partial charge in [-0.3, -0.25) is 9.69 Å². The number of benzene rings is 1. The van der Waals surface area contributed by atoms with E-state index in [4.69, 9.17) is 4.74 Å². The van der Waals surface area contributed by atoms with Crippen molar-refractivity contribution < 1.29 is 9.53 Å².